The van der Waals surface area contributed by atoms with Crippen LogP contribution in [0.3, 0.4) is 0 Å². The molecule has 122 valence electrons. The molecule has 1 aliphatic rings. The molecule has 1 N–H and O–H groups in total. The Hall–Kier alpha value is -2.21. The minimum absolute atomic E-state index is 0.00216. The summed E-state index contributed by atoms with van der Waals surface area (Å²) in [4.78, 5) is 18.0. The maximum absolute atomic E-state index is 13.7. The smallest absolute Gasteiger partial charge is 0.223 e. The van der Waals surface area contributed by atoms with Crippen molar-refractivity contribution in [2.24, 2.45) is 0 Å². The molecule has 1 aliphatic heterocycles. The number of carbonyl (C=O) groups excluding carboxylic acids is 1. The summed E-state index contributed by atoms with van der Waals surface area (Å²) in [5.41, 5.74) is 0.359. The largest absolute Gasteiger partial charge is 0.441 e. The zero-order valence-electron chi connectivity index (χ0n) is 12.7. The Morgan fingerprint density at radius 1 is 1.43 bits per heavy atom. The zero-order chi connectivity index (χ0) is 16.2. The van der Waals surface area contributed by atoms with Gasteiger partial charge < -0.3 is 14.4 Å². The molecule has 2 aromatic rings. The van der Waals surface area contributed by atoms with Crippen molar-refractivity contribution in [1.29, 1.82) is 0 Å². The molecule has 6 heteroatoms. The molecule has 0 unspecified atom stereocenters. The van der Waals surface area contributed by atoms with E-state index in [1.54, 1.807) is 23.1 Å². The molecular formula is C17H19FN2O3. The summed E-state index contributed by atoms with van der Waals surface area (Å²) in [5, 5.41) is 9.27. The van der Waals surface area contributed by atoms with E-state index in [0.29, 0.717) is 30.2 Å². The summed E-state index contributed by atoms with van der Waals surface area (Å²) >= 11 is 0. The first-order valence-corrected chi connectivity index (χ1v) is 7.79. The molecule has 5 nitrogen and oxygen atoms in total. The predicted octanol–water partition coefficient (Wildman–Crippen LogP) is 2.40. The van der Waals surface area contributed by atoms with Crippen molar-refractivity contribution in [3.63, 3.8) is 0 Å². The van der Waals surface area contributed by atoms with E-state index in [2.05, 4.69) is 4.98 Å². The number of hydrogen-bond donors (Lipinski definition) is 1. The first-order valence-electron chi connectivity index (χ1n) is 7.79. The second-order valence-corrected chi connectivity index (χ2v) is 5.66. The van der Waals surface area contributed by atoms with Crippen LogP contribution in [0.5, 0.6) is 0 Å². The van der Waals surface area contributed by atoms with Gasteiger partial charge in [0.15, 0.2) is 11.7 Å². The number of aromatic nitrogens is 1. The van der Waals surface area contributed by atoms with Crippen LogP contribution in [0.4, 0.5) is 4.39 Å². The first kappa shape index (κ1) is 15.7. The van der Waals surface area contributed by atoms with Crippen molar-refractivity contribution < 1.29 is 18.7 Å². The molecule has 1 saturated heterocycles. The molecule has 0 radical (unpaired) electrons. The molecule has 1 atom stereocenters. The fourth-order valence-electron chi connectivity index (χ4n) is 2.92. The first-order chi connectivity index (χ1) is 11.2. The van der Waals surface area contributed by atoms with Gasteiger partial charge in [0.05, 0.1) is 24.4 Å². The number of oxazole rings is 1. The van der Waals surface area contributed by atoms with E-state index >= 15 is 0 Å². The Kier molecular flexibility index (Phi) is 4.71. The Balaban J connectivity index is 1.61. The number of hydrogen-bond acceptors (Lipinski definition) is 4. The van der Waals surface area contributed by atoms with Gasteiger partial charge in [-0.1, -0.05) is 12.1 Å². The molecule has 1 aromatic heterocycles. The predicted molar refractivity (Wildman–Crippen MR) is 82.0 cm³/mol. The van der Waals surface area contributed by atoms with Gasteiger partial charge in [0.1, 0.15) is 5.82 Å². The van der Waals surface area contributed by atoms with E-state index in [1.165, 1.54) is 12.3 Å². The number of rotatable bonds is 5. The summed E-state index contributed by atoms with van der Waals surface area (Å²) < 4.78 is 19.3. The summed E-state index contributed by atoms with van der Waals surface area (Å²) in [6.07, 6.45) is 3.88. The molecule has 23 heavy (non-hydrogen) atoms. The van der Waals surface area contributed by atoms with Gasteiger partial charge in [0.25, 0.3) is 0 Å². The van der Waals surface area contributed by atoms with Gasteiger partial charge in [0, 0.05) is 19.4 Å². The van der Waals surface area contributed by atoms with E-state index in [4.69, 9.17) is 4.42 Å². The number of carbonyl (C=O) groups is 1. The number of likely N-dealkylation sites (tertiary alicyclic amines) is 1. The highest BCUT2D eigenvalue weighted by Crippen LogP contribution is 2.24. The van der Waals surface area contributed by atoms with Crippen molar-refractivity contribution in [1.82, 2.24) is 9.88 Å². The molecular weight excluding hydrogens is 299 g/mol. The molecule has 0 aliphatic carbocycles. The molecule has 1 aromatic carbocycles. The molecule has 0 saturated carbocycles. The Bertz CT molecular complexity index is 686. The van der Waals surface area contributed by atoms with Crippen LogP contribution in [-0.2, 0) is 11.2 Å². The van der Waals surface area contributed by atoms with Crippen molar-refractivity contribution >= 4 is 5.91 Å². The fraction of sp³-hybridized carbons (Fsp3) is 0.412. The van der Waals surface area contributed by atoms with Crippen LogP contribution in [-0.4, -0.2) is 40.1 Å². The zero-order valence-corrected chi connectivity index (χ0v) is 12.7. The number of aliphatic hydroxyl groups excluding tert-OH is 1. The third-order valence-corrected chi connectivity index (χ3v) is 4.15. The number of aryl methyl sites for hydroxylation is 1. The molecule has 2 heterocycles. The van der Waals surface area contributed by atoms with Gasteiger partial charge in [-0.2, -0.15) is 0 Å². The van der Waals surface area contributed by atoms with Crippen molar-refractivity contribution in [3.8, 4) is 11.3 Å². The highest BCUT2D eigenvalue weighted by atomic mass is 19.1. The van der Waals surface area contributed by atoms with Crippen molar-refractivity contribution in [2.75, 3.05) is 13.2 Å². The highest BCUT2D eigenvalue weighted by molar-refractivity contribution is 5.77. The van der Waals surface area contributed by atoms with Crippen LogP contribution in [0.25, 0.3) is 11.3 Å². The lowest BCUT2D eigenvalue weighted by Gasteiger charge is -2.22. The molecule has 0 bridgehead atoms. The van der Waals surface area contributed by atoms with Crippen LogP contribution < -0.4 is 0 Å². The Labute approximate surface area is 133 Å². The van der Waals surface area contributed by atoms with Gasteiger partial charge in [-0.25, -0.2) is 9.37 Å². The minimum atomic E-state index is -0.367. The topological polar surface area (TPSA) is 66.6 Å². The second-order valence-electron chi connectivity index (χ2n) is 5.66. The van der Waals surface area contributed by atoms with Crippen LogP contribution in [0.1, 0.15) is 25.2 Å². The van der Waals surface area contributed by atoms with Gasteiger partial charge in [-0.3, -0.25) is 4.79 Å². The normalized spacial score (nSPS) is 17.7. The number of amides is 1. The van der Waals surface area contributed by atoms with E-state index in [0.717, 1.165) is 12.8 Å². The number of nitrogens with zero attached hydrogens (tertiary/aromatic N) is 2. The Morgan fingerprint density at radius 3 is 3.04 bits per heavy atom. The monoisotopic (exact) mass is 318 g/mol. The molecule has 0 spiro atoms. The molecule has 3 rings (SSSR count). The minimum Gasteiger partial charge on any atom is -0.441 e. The molecule has 1 amide bonds. The van der Waals surface area contributed by atoms with Crippen LogP contribution in [0, 0.1) is 5.82 Å². The Morgan fingerprint density at radius 2 is 2.26 bits per heavy atom. The van der Waals surface area contributed by atoms with E-state index < -0.39 is 0 Å². The third-order valence-electron chi connectivity index (χ3n) is 4.15. The highest BCUT2D eigenvalue weighted by Gasteiger charge is 2.27. The third kappa shape index (κ3) is 3.42. The lowest BCUT2D eigenvalue weighted by atomic mass is 10.2. The summed E-state index contributed by atoms with van der Waals surface area (Å²) in [5.74, 6) is 0.401. The lowest BCUT2D eigenvalue weighted by Crippen LogP contribution is -2.37. The van der Waals surface area contributed by atoms with Crippen molar-refractivity contribution in [2.45, 2.75) is 31.7 Å². The standard InChI is InChI=1S/C17H19FN2O3/c18-14-6-2-1-5-13(14)15-10-19-16(23-15)7-8-17(22)20-9-3-4-12(20)11-21/h1-2,5-6,10,12,21H,3-4,7-9,11H2/t12-/m1/s1. The van der Waals surface area contributed by atoms with Gasteiger partial charge >= 0.3 is 0 Å². The quantitative estimate of drug-likeness (QED) is 0.919. The lowest BCUT2D eigenvalue weighted by molar-refractivity contribution is -0.132. The van der Waals surface area contributed by atoms with Gasteiger partial charge in [0.2, 0.25) is 5.91 Å². The van der Waals surface area contributed by atoms with Crippen LogP contribution >= 0.6 is 0 Å². The van der Waals surface area contributed by atoms with Crippen LogP contribution in [0.15, 0.2) is 34.9 Å². The molecule has 1 fully saturated rings. The SMILES string of the molecule is O=C(CCc1ncc(-c2ccccc2F)o1)N1CCC[C@@H]1CO. The maximum Gasteiger partial charge on any atom is 0.223 e. The van der Waals surface area contributed by atoms with E-state index in [9.17, 15) is 14.3 Å². The summed E-state index contributed by atoms with van der Waals surface area (Å²) in [6.45, 7) is 0.693. The summed E-state index contributed by atoms with van der Waals surface area (Å²) in [7, 11) is 0. The van der Waals surface area contributed by atoms with Gasteiger partial charge in [-0.15, -0.1) is 0 Å². The number of halogens is 1. The van der Waals surface area contributed by atoms with E-state index in [1.807, 2.05) is 0 Å². The summed E-state index contributed by atoms with van der Waals surface area (Å²) in [6, 6.07) is 6.26. The number of benzene rings is 1. The van der Waals surface area contributed by atoms with E-state index in [-0.39, 0.29) is 30.8 Å². The fourth-order valence-corrected chi connectivity index (χ4v) is 2.92. The van der Waals surface area contributed by atoms with Crippen molar-refractivity contribution in [3.05, 3.63) is 42.2 Å². The average Bonchev–Trinajstić information content (AvgIpc) is 3.22. The van der Waals surface area contributed by atoms with Crippen LogP contribution in [0.2, 0.25) is 0 Å². The maximum atomic E-state index is 13.7. The second kappa shape index (κ2) is 6.91. The number of aliphatic hydroxyl groups is 1. The van der Waals surface area contributed by atoms with Gasteiger partial charge in [-0.05, 0) is 25.0 Å². The average molecular weight is 318 g/mol.